The lowest BCUT2D eigenvalue weighted by Gasteiger charge is -2.07. The molecule has 0 aromatic heterocycles. The number of carbonyl (C=O) groups is 1. The third kappa shape index (κ3) is 19.3. The second-order valence-corrected chi connectivity index (χ2v) is 6.95. The summed E-state index contributed by atoms with van der Waals surface area (Å²) in [6.07, 6.45) is 8.76. The minimum atomic E-state index is 0.106. The van der Waals surface area contributed by atoms with Crippen molar-refractivity contribution in [1.29, 1.82) is 0 Å². The van der Waals surface area contributed by atoms with Gasteiger partial charge in [0.05, 0.1) is 38.7 Å². The molecule has 27 heavy (non-hydrogen) atoms. The molecule has 0 aliphatic carbocycles. The molecule has 6 nitrogen and oxygen atoms in total. The van der Waals surface area contributed by atoms with Crippen LogP contribution in [0.1, 0.15) is 59.3 Å². The first kappa shape index (κ1) is 25.8. The summed E-state index contributed by atoms with van der Waals surface area (Å²) >= 11 is 0. The average Bonchev–Trinajstić information content (AvgIpc) is 2.66. The third-order valence-corrected chi connectivity index (χ3v) is 3.98. The standard InChI is InChI=1S/C21H40N2O4/c1-5-21(24)18-27-15-13-25-12-14-26-17-20(22-4)16-23-11-9-7-6-8-10-19(2)3/h16,19,23H,4-15,17-18H2,1-3H3/b20-16-. The summed E-state index contributed by atoms with van der Waals surface area (Å²) in [7, 11) is 0. The maximum absolute atomic E-state index is 11.0. The highest BCUT2D eigenvalue weighted by Crippen LogP contribution is 2.09. The number of ketones is 1. The fraction of sp³-hybridized carbons (Fsp3) is 0.810. The van der Waals surface area contributed by atoms with Crippen LogP contribution in [0.4, 0.5) is 0 Å². The highest BCUT2D eigenvalue weighted by Gasteiger charge is 1.98. The van der Waals surface area contributed by atoms with Crippen molar-refractivity contribution in [1.82, 2.24) is 5.32 Å². The van der Waals surface area contributed by atoms with E-state index in [9.17, 15) is 4.79 Å². The lowest BCUT2D eigenvalue weighted by molar-refractivity contribution is -0.123. The van der Waals surface area contributed by atoms with Crippen LogP contribution in [0.5, 0.6) is 0 Å². The number of rotatable bonds is 20. The fourth-order valence-electron chi connectivity index (χ4n) is 2.26. The van der Waals surface area contributed by atoms with E-state index in [2.05, 4.69) is 30.9 Å². The van der Waals surface area contributed by atoms with Crippen molar-refractivity contribution in [2.75, 3.05) is 46.2 Å². The van der Waals surface area contributed by atoms with Crippen LogP contribution in [0.15, 0.2) is 16.9 Å². The Kier molecular flexibility index (Phi) is 18.6. The minimum absolute atomic E-state index is 0.106. The average molecular weight is 385 g/mol. The van der Waals surface area contributed by atoms with E-state index >= 15 is 0 Å². The van der Waals surface area contributed by atoms with E-state index in [1.165, 1.54) is 32.1 Å². The highest BCUT2D eigenvalue weighted by atomic mass is 16.5. The smallest absolute Gasteiger partial charge is 0.158 e. The number of ether oxygens (including phenoxy) is 3. The SMILES string of the molecule is C=N/C(=C\NCCCCCCC(C)C)COCCOCCOCC(=O)CC. The van der Waals surface area contributed by atoms with E-state index in [1.54, 1.807) is 0 Å². The van der Waals surface area contributed by atoms with Gasteiger partial charge in [0.25, 0.3) is 0 Å². The Morgan fingerprint density at radius 2 is 1.63 bits per heavy atom. The third-order valence-electron chi connectivity index (χ3n) is 3.98. The van der Waals surface area contributed by atoms with E-state index in [4.69, 9.17) is 14.2 Å². The van der Waals surface area contributed by atoms with Crippen LogP contribution in [0.25, 0.3) is 0 Å². The Bertz CT molecular complexity index is 398. The molecule has 0 bridgehead atoms. The molecule has 0 aliphatic heterocycles. The van der Waals surface area contributed by atoms with E-state index in [-0.39, 0.29) is 12.4 Å². The van der Waals surface area contributed by atoms with Crippen molar-refractivity contribution in [3.8, 4) is 0 Å². The van der Waals surface area contributed by atoms with E-state index in [0.29, 0.717) is 39.5 Å². The maximum Gasteiger partial charge on any atom is 0.158 e. The van der Waals surface area contributed by atoms with Crippen LogP contribution in [-0.2, 0) is 19.0 Å². The normalized spacial score (nSPS) is 11.8. The lowest BCUT2D eigenvalue weighted by atomic mass is 10.0. The molecular formula is C21H40N2O4. The number of nitrogens with one attached hydrogen (secondary N) is 1. The van der Waals surface area contributed by atoms with Crippen LogP contribution in [0.2, 0.25) is 0 Å². The molecule has 0 fully saturated rings. The second-order valence-electron chi connectivity index (χ2n) is 6.95. The van der Waals surface area contributed by atoms with Gasteiger partial charge in [0.15, 0.2) is 5.78 Å². The second kappa shape index (κ2) is 19.5. The maximum atomic E-state index is 11.0. The lowest BCUT2D eigenvalue weighted by Crippen LogP contribution is -2.14. The van der Waals surface area contributed by atoms with Crippen LogP contribution in [0.3, 0.4) is 0 Å². The number of Topliss-reactive ketones (excluding diaryl/α,β-unsaturated/α-hetero) is 1. The number of hydrogen-bond acceptors (Lipinski definition) is 6. The minimum Gasteiger partial charge on any atom is -0.389 e. The largest absolute Gasteiger partial charge is 0.389 e. The fourth-order valence-corrected chi connectivity index (χ4v) is 2.26. The first-order valence-electron chi connectivity index (χ1n) is 10.2. The van der Waals surface area contributed by atoms with Gasteiger partial charge in [-0.1, -0.05) is 46.5 Å². The van der Waals surface area contributed by atoms with Crippen LogP contribution < -0.4 is 5.32 Å². The molecule has 0 radical (unpaired) electrons. The summed E-state index contributed by atoms with van der Waals surface area (Å²) in [6.45, 7) is 13.3. The predicted molar refractivity (Wildman–Crippen MR) is 111 cm³/mol. The van der Waals surface area contributed by atoms with Crippen molar-refractivity contribution in [3.05, 3.63) is 11.9 Å². The van der Waals surface area contributed by atoms with Crippen molar-refractivity contribution in [2.24, 2.45) is 10.9 Å². The molecular weight excluding hydrogens is 344 g/mol. The predicted octanol–water partition coefficient (Wildman–Crippen LogP) is 3.75. The molecule has 0 saturated heterocycles. The molecule has 0 heterocycles. The zero-order valence-electron chi connectivity index (χ0n) is 17.6. The topological polar surface area (TPSA) is 69.2 Å². The summed E-state index contributed by atoms with van der Waals surface area (Å²) in [4.78, 5) is 15.0. The van der Waals surface area contributed by atoms with Crippen LogP contribution >= 0.6 is 0 Å². The molecule has 0 unspecified atom stereocenters. The Morgan fingerprint density at radius 3 is 2.26 bits per heavy atom. The molecule has 0 saturated carbocycles. The van der Waals surface area contributed by atoms with E-state index in [0.717, 1.165) is 18.2 Å². The van der Waals surface area contributed by atoms with Gasteiger partial charge in [-0.15, -0.1) is 0 Å². The summed E-state index contributed by atoms with van der Waals surface area (Å²) in [5.74, 6) is 0.914. The van der Waals surface area contributed by atoms with Gasteiger partial charge >= 0.3 is 0 Å². The number of carbonyl (C=O) groups excluding carboxylic acids is 1. The van der Waals surface area contributed by atoms with Gasteiger partial charge in [0.2, 0.25) is 0 Å². The van der Waals surface area contributed by atoms with Crippen molar-refractivity contribution < 1.29 is 19.0 Å². The van der Waals surface area contributed by atoms with E-state index < -0.39 is 0 Å². The molecule has 0 aliphatic rings. The molecule has 0 aromatic carbocycles. The Balaban J connectivity index is 3.48. The molecule has 6 heteroatoms. The highest BCUT2D eigenvalue weighted by molar-refractivity contribution is 5.79. The van der Waals surface area contributed by atoms with Crippen molar-refractivity contribution in [3.63, 3.8) is 0 Å². The first-order chi connectivity index (χ1) is 13.1. The van der Waals surface area contributed by atoms with Crippen LogP contribution in [-0.4, -0.2) is 58.7 Å². The molecule has 0 spiro atoms. The quantitative estimate of drug-likeness (QED) is 0.256. The van der Waals surface area contributed by atoms with E-state index in [1.807, 2.05) is 13.1 Å². The summed E-state index contributed by atoms with van der Waals surface area (Å²) in [5, 5.41) is 3.27. The summed E-state index contributed by atoms with van der Waals surface area (Å²) in [5.41, 5.74) is 0.788. The Morgan fingerprint density at radius 1 is 1.00 bits per heavy atom. The Hall–Kier alpha value is -1.24. The summed E-state index contributed by atoms with van der Waals surface area (Å²) in [6, 6.07) is 0. The molecule has 1 N–H and O–H groups in total. The number of hydrogen-bond donors (Lipinski definition) is 1. The number of aliphatic imine (C=N–C) groups is 1. The van der Waals surface area contributed by atoms with Gasteiger partial charge in [-0.2, -0.15) is 0 Å². The number of unbranched alkanes of at least 4 members (excludes halogenated alkanes) is 3. The van der Waals surface area contributed by atoms with Crippen molar-refractivity contribution in [2.45, 2.75) is 59.3 Å². The van der Waals surface area contributed by atoms with Gasteiger partial charge in [0, 0.05) is 19.2 Å². The molecule has 158 valence electrons. The van der Waals surface area contributed by atoms with Gasteiger partial charge in [-0.05, 0) is 19.1 Å². The first-order valence-corrected chi connectivity index (χ1v) is 10.2. The molecule has 0 amide bonds. The molecule has 0 atom stereocenters. The zero-order valence-corrected chi connectivity index (χ0v) is 17.6. The zero-order chi connectivity index (χ0) is 20.2. The van der Waals surface area contributed by atoms with Gasteiger partial charge in [-0.25, -0.2) is 0 Å². The van der Waals surface area contributed by atoms with Crippen LogP contribution in [0, 0.1) is 5.92 Å². The molecule has 0 rings (SSSR count). The monoisotopic (exact) mass is 384 g/mol. The van der Waals surface area contributed by atoms with Gasteiger partial charge < -0.3 is 19.5 Å². The Labute approximate surface area is 165 Å². The van der Waals surface area contributed by atoms with Gasteiger partial charge in [-0.3, -0.25) is 9.79 Å². The number of nitrogens with zero attached hydrogens (tertiary/aromatic N) is 1. The van der Waals surface area contributed by atoms with Crippen molar-refractivity contribution >= 4 is 12.5 Å². The molecule has 0 aromatic rings. The summed E-state index contributed by atoms with van der Waals surface area (Å²) < 4.78 is 16.1. The van der Waals surface area contributed by atoms with Gasteiger partial charge in [0.1, 0.15) is 6.61 Å².